The van der Waals surface area contributed by atoms with Gasteiger partial charge in [0.2, 0.25) is 0 Å². The van der Waals surface area contributed by atoms with E-state index in [0.29, 0.717) is 30.1 Å². The van der Waals surface area contributed by atoms with Gasteiger partial charge in [-0.1, -0.05) is 32.4 Å². The van der Waals surface area contributed by atoms with Crippen LogP contribution >= 0.6 is 11.8 Å². The number of aliphatic hydroxyl groups excluding tert-OH is 1. The zero-order chi connectivity index (χ0) is 44.1. The Hall–Kier alpha value is -1.73. The highest BCUT2D eigenvalue weighted by Gasteiger charge is 2.55. The maximum atomic E-state index is 14.6. The zero-order valence-corrected chi connectivity index (χ0v) is 39.7. The number of fused-ring (bicyclic) bond motifs is 9. The first kappa shape index (κ1) is 47.7. The Morgan fingerprint density at radius 1 is 0.950 bits per heavy atom. The summed E-state index contributed by atoms with van der Waals surface area (Å²) < 4.78 is 52.7. The summed E-state index contributed by atoms with van der Waals surface area (Å²) in [5.74, 6) is -0.671. The first-order chi connectivity index (χ1) is 28.1. The number of thioether (sulfide) groups is 1. The number of likely N-dealkylation sites (N-methyl/N-ethyl adjacent to an activating group) is 2. The predicted octanol–water partition coefficient (Wildman–Crippen LogP) is 4.76. The van der Waals surface area contributed by atoms with Crippen LogP contribution in [0.15, 0.2) is 27.7 Å². The molecule has 16 heteroatoms. The van der Waals surface area contributed by atoms with Crippen LogP contribution in [0.5, 0.6) is 0 Å². The topological polar surface area (TPSA) is 158 Å². The maximum Gasteiger partial charge on any atom is 0.332 e. The van der Waals surface area contributed by atoms with Crippen LogP contribution in [0.1, 0.15) is 100 Å². The summed E-state index contributed by atoms with van der Waals surface area (Å²) in [4.78, 5) is 37.9. The van der Waals surface area contributed by atoms with E-state index in [4.69, 9.17) is 33.4 Å². The summed E-state index contributed by atoms with van der Waals surface area (Å²) in [5, 5.41) is 16.1. The third-order valence-corrected chi connectivity index (χ3v) is 17.5. The van der Waals surface area contributed by atoms with Gasteiger partial charge in [-0.25, -0.2) is 9.00 Å². The van der Waals surface area contributed by atoms with Crippen molar-refractivity contribution in [3.8, 4) is 0 Å². The van der Waals surface area contributed by atoms with Crippen molar-refractivity contribution in [1.82, 2.24) is 15.1 Å². The molecule has 0 amide bonds. The van der Waals surface area contributed by atoms with Gasteiger partial charge in [-0.05, 0) is 101 Å². The Labute approximate surface area is 364 Å². The summed E-state index contributed by atoms with van der Waals surface area (Å²) in [6.07, 6.45) is 4.30. The number of aliphatic imine (C=N–C) groups is 1. The van der Waals surface area contributed by atoms with Crippen molar-refractivity contribution in [3.63, 3.8) is 0 Å². The molecule has 0 radical (unpaired) electrons. The van der Waals surface area contributed by atoms with Crippen LogP contribution in [0.3, 0.4) is 0 Å². The number of allylic oxidation sites excluding steroid dienone is 1. The van der Waals surface area contributed by atoms with Crippen LogP contribution in [0.2, 0.25) is 0 Å². The van der Waals surface area contributed by atoms with Gasteiger partial charge in [0, 0.05) is 55.2 Å². The van der Waals surface area contributed by atoms with Gasteiger partial charge in [0.1, 0.15) is 27.5 Å². The number of nitrogens with zero attached hydrogens (tertiary/aromatic N) is 3. The average molecular weight is 881 g/mol. The van der Waals surface area contributed by atoms with Crippen LogP contribution < -0.4 is 5.32 Å². The summed E-state index contributed by atoms with van der Waals surface area (Å²) in [6.45, 7) is 16.0. The first-order valence-corrected chi connectivity index (χ1v) is 24.0. The molecule has 0 spiro atoms. The third kappa shape index (κ3) is 9.53. The number of aliphatic hydroxyl groups is 1. The lowest BCUT2D eigenvalue weighted by Gasteiger charge is -2.51. The van der Waals surface area contributed by atoms with Crippen LogP contribution in [-0.4, -0.2) is 155 Å². The molecular weight excluding hydrogens is 809 g/mol. The number of hydrogen-bond acceptors (Lipinski definition) is 15. The predicted molar refractivity (Wildman–Crippen MR) is 234 cm³/mol. The van der Waals surface area contributed by atoms with Gasteiger partial charge >= 0.3 is 5.97 Å². The highest BCUT2D eigenvalue weighted by atomic mass is 32.2. The Morgan fingerprint density at radius 2 is 1.57 bits per heavy atom. The van der Waals surface area contributed by atoms with Crippen LogP contribution in [0.4, 0.5) is 0 Å². The minimum Gasteiger partial charge on any atom is -0.460 e. The Morgan fingerprint density at radius 3 is 2.17 bits per heavy atom. The SMILES string of the molecule is CO[C@H]1S(=O)/C2=C\C(=O)[C@](C)(O[C@H]3CC[C@H](N(C)C)[C@@H](C)O3)[C@H](O)CC/C(C)=C\[C@@H]3[C@@H](C)C(C)(C)[C@@H](C[C@H]3O[C@H]3CC[C@H](N(C)C)[C@@H](C)O3)OC(=O)[C@@H]3CSC(=N3)[C@]1(C)N2. The molecule has 14 nitrogen and oxygen atoms in total. The van der Waals surface area contributed by atoms with E-state index in [1.165, 1.54) is 24.9 Å². The molecule has 1 aliphatic carbocycles. The van der Waals surface area contributed by atoms with Gasteiger partial charge in [0.05, 0.1) is 29.5 Å². The van der Waals surface area contributed by atoms with Crippen molar-refractivity contribution < 1.29 is 47.3 Å². The fourth-order valence-electron chi connectivity index (χ4n) is 10.1. The minimum atomic E-state index is -1.83. The Balaban J connectivity index is 1.37. The minimum absolute atomic E-state index is 0.0151. The maximum absolute atomic E-state index is 14.6. The number of nitrogens with one attached hydrogen (secondary N) is 1. The van der Waals surface area contributed by atoms with Crippen molar-refractivity contribution in [1.29, 1.82) is 0 Å². The normalized spacial score (nSPS) is 46.0. The number of ketones is 1. The molecule has 0 aromatic heterocycles. The molecule has 60 heavy (non-hydrogen) atoms. The van der Waals surface area contributed by atoms with Crippen molar-refractivity contribution in [3.05, 3.63) is 22.8 Å². The van der Waals surface area contributed by atoms with Gasteiger partial charge < -0.3 is 48.6 Å². The van der Waals surface area contributed by atoms with Crippen molar-refractivity contribution in [2.24, 2.45) is 22.2 Å². The second-order valence-electron chi connectivity index (χ2n) is 19.4. The van der Waals surface area contributed by atoms with E-state index >= 15 is 0 Å². The molecule has 6 aliphatic heterocycles. The lowest BCUT2D eigenvalue weighted by Crippen LogP contribution is -2.54. The molecule has 340 valence electrons. The summed E-state index contributed by atoms with van der Waals surface area (Å²) >= 11 is 1.38. The van der Waals surface area contributed by atoms with Gasteiger partial charge in [-0.2, -0.15) is 0 Å². The van der Waals surface area contributed by atoms with Gasteiger partial charge in [-0.15, -0.1) is 11.8 Å². The van der Waals surface area contributed by atoms with Gasteiger partial charge in [-0.3, -0.25) is 9.79 Å². The summed E-state index contributed by atoms with van der Waals surface area (Å²) in [5.41, 5.74) is -3.21. The highest BCUT2D eigenvalue weighted by Crippen LogP contribution is 2.49. The molecule has 7 rings (SSSR count). The van der Waals surface area contributed by atoms with E-state index in [-0.39, 0.29) is 53.7 Å². The number of rotatable bonds is 7. The monoisotopic (exact) mass is 880 g/mol. The van der Waals surface area contributed by atoms with E-state index in [1.807, 2.05) is 34.9 Å². The number of ether oxygens (including phenoxy) is 6. The summed E-state index contributed by atoms with van der Waals surface area (Å²) in [6, 6.07) is -0.325. The van der Waals surface area contributed by atoms with Crippen molar-refractivity contribution in [2.45, 2.75) is 178 Å². The van der Waals surface area contributed by atoms with E-state index in [9.17, 15) is 18.9 Å². The highest BCUT2D eigenvalue weighted by molar-refractivity contribution is 8.14. The number of hydrogen-bond donors (Lipinski definition) is 2. The molecule has 6 heterocycles. The number of carbonyl (C=O) groups excluding carboxylic acids is 2. The van der Waals surface area contributed by atoms with Crippen molar-refractivity contribution >= 4 is 39.4 Å². The molecular formula is C44H72N4O10S2. The number of esters is 1. The summed E-state index contributed by atoms with van der Waals surface area (Å²) in [7, 11) is 7.81. The molecule has 0 aromatic carbocycles. The smallest absolute Gasteiger partial charge is 0.332 e. The quantitative estimate of drug-likeness (QED) is 0.267. The van der Waals surface area contributed by atoms with E-state index in [1.54, 1.807) is 6.92 Å². The molecule has 1 unspecified atom stereocenters. The molecule has 6 bridgehead atoms. The first-order valence-electron chi connectivity index (χ1n) is 21.8. The van der Waals surface area contributed by atoms with Crippen molar-refractivity contribution in [2.75, 3.05) is 41.1 Å². The lowest BCUT2D eigenvalue weighted by molar-refractivity contribution is -0.260. The number of methoxy groups -OCH3 is 1. The second-order valence-corrected chi connectivity index (χ2v) is 21.9. The largest absolute Gasteiger partial charge is 0.460 e. The molecule has 2 N–H and O–H groups in total. The fraction of sp³-hybridized carbons (Fsp3) is 0.841. The molecule has 7 aliphatic rings. The van der Waals surface area contributed by atoms with Gasteiger partial charge in [0.25, 0.3) is 0 Å². The lowest BCUT2D eigenvalue weighted by atomic mass is 9.61. The molecule has 16 atom stereocenters. The van der Waals surface area contributed by atoms with Crippen LogP contribution in [0, 0.1) is 17.3 Å². The Kier molecular flexibility index (Phi) is 14.9. The van der Waals surface area contributed by atoms with Crippen LogP contribution in [0.25, 0.3) is 0 Å². The van der Waals surface area contributed by atoms with Crippen LogP contribution in [-0.2, 0) is 48.8 Å². The average Bonchev–Trinajstić information content (AvgIpc) is 3.77. The van der Waals surface area contributed by atoms with Gasteiger partial charge in [0.15, 0.2) is 35.4 Å². The molecule has 3 saturated heterocycles. The standard InChI is InChI=1S/C44H72N4O10S2/c1-24-14-17-33(49)44(8,58-38-19-16-31(48(11)12)27(4)55-38)34(50)22-36-46-43(7,41(53-13)60(36)52)40-45-29(23-59-40)39(51)57-35-21-32(28(20-24)25(2)42(35,5)6)56-37-18-15-30(47(9)10)26(3)54-37/h20,22,25-33,35,37-38,41,46,49H,14-19,21,23H2,1-13H3/b24-20-,36-22-/t25-,26-,27-,28-,29+,30+,31+,32-,33-,35-,37+,38+,41+,43+,44-,60?/m1/s1. The second kappa shape index (κ2) is 18.8. The van der Waals surface area contributed by atoms with E-state index < -0.39 is 75.4 Å². The molecule has 0 aromatic rings. The zero-order valence-electron chi connectivity index (χ0n) is 38.1. The molecule has 4 fully saturated rings. The van der Waals surface area contributed by atoms with E-state index in [0.717, 1.165) is 24.8 Å². The number of carbonyl (C=O) groups is 2. The van der Waals surface area contributed by atoms with E-state index in [2.05, 4.69) is 63.0 Å². The fourth-order valence-corrected chi connectivity index (χ4v) is 13.0. The Bertz CT molecular complexity index is 1710. The third-order valence-electron chi connectivity index (χ3n) is 14.5. The molecule has 1 saturated carbocycles.